The third-order valence-corrected chi connectivity index (χ3v) is 10.1. The second-order valence-corrected chi connectivity index (χ2v) is 12.5. The van der Waals surface area contributed by atoms with E-state index in [9.17, 15) is 18.3 Å². The van der Waals surface area contributed by atoms with Crippen LogP contribution in [0.5, 0.6) is 0 Å². The van der Waals surface area contributed by atoms with E-state index < -0.39 is 27.2 Å². The first kappa shape index (κ1) is 28.2. The molecule has 1 atom stereocenters. The van der Waals surface area contributed by atoms with Crippen molar-refractivity contribution >= 4 is 28.1 Å². The number of morpholine rings is 1. The molecule has 12 heteroatoms. The summed E-state index contributed by atoms with van der Waals surface area (Å²) < 4.78 is 42.1. The molecule has 2 heterocycles. The number of aromatic nitrogens is 2. The van der Waals surface area contributed by atoms with Gasteiger partial charge in [-0.05, 0) is 68.7 Å². The number of urea groups is 1. The summed E-state index contributed by atoms with van der Waals surface area (Å²) in [7, 11) is -3.47. The number of nitrogens with one attached hydrogen (secondary N) is 2. The number of benzene rings is 2. The van der Waals surface area contributed by atoms with Gasteiger partial charge in [0.15, 0.2) is 5.82 Å². The van der Waals surface area contributed by atoms with E-state index in [0.717, 1.165) is 0 Å². The molecular weight excluding hydrogens is 537 g/mol. The molecule has 2 amide bonds. The average Bonchev–Trinajstić information content (AvgIpc) is 3.77. The molecular formula is C28H34FN5O5S. The number of carbonyl (C=O) groups is 1. The van der Waals surface area contributed by atoms with Crippen LogP contribution < -0.4 is 15.5 Å². The molecule has 10 nitrogen and oxygen atoms in total. The standard InChI is InChI=1S/C28H34FN5O5S/c1-18-3-6-21(29)15-23(18)40(37,38)28(9-10-28)24-16-25(34-12-14-39-17-19(34)2)33-26(32-24)20-4-7-22(8-5-20)31-27(36)30-11-13-35/h3-8,15-16,19,35,37-38H,9-14,17H2,1-2H3,(H2,30,31,36)/t19-/m0/s1. The number of ether oxygens (including phenoxy) is 1. The van der Waals surface area contributed by atoms with Crippen LogP contribution in [0.1, 0.15) is 31.0 Å². The largest absolute Gasteiger partial charge is 0.395 e. The van der Waals surface area contributed by atoms with E-state index in [2.05, 4.69) is 15.5 Å². The second kappa shape index (κ2) is 11.3. The van der Waals surface area contributed by atoms with Crippen molar-refractivity contribution in [1.82, 2.24) is 15.3 Å². The van der Waals surface area contributed by atoms with Gasteiger partial charge in [0.05, 0.1) is 36.5 Å². The van der Waals surface area contributed by atoms with E-state index >= 15 is 0 Å². The molecule has 1 aromatic heterocycles. The number of carbonyl (C=O) groups excluding carboxylic acids is 1. The number of nitrogens with zero attached hydrogens (tertiary/aromatic N) is 3. The Morgan fingerprint density at radius 1 is 1.18 bits per heavy atom. The summed E-state index contributed by atoms with van der Waals surface area (Å²) in [5.74, 6) is 0.528. The van der Waals surface area contributed by atoms with Crippen LogP contribution in [-0.4, -0.2) is 69.2 Å². The maximum Gasteiger partial charge on any atom is 0.319 e. The molecule has 5 N–H and O–H groups in total. The average molecular weight is 572 g/mol. The van der Waals surface area contributed by atoms with Crippen LogP contribution >= 0.6 is 10.6 Å². The molecule has 1 saturated heterocycles. The fraction of sp³-hybridized carbons (Fsp3) is 0.393. The van der Waals surface area contributed by atoms with Crippen molar-refractivity contribution < 1.29 is 28.1 Å². The zero-order valence-electron chi connectivity index (χ0n) is 22.4. The molecule has 0 bridgehead atoms. The van der Waals surface area contributed by atoms with Crippen molar-refractivity contribution in [3.8, 4) is 11.4 Å². The molecule has 2 aromatic carbocycles. The monoisotopic (exact) mass is 571 g/mol. The molecule has 2 fully saturated rings. The summed E-state index contributed by atoms with van der Waals surface area (Å²) in [5.41, 5.74) is 2.34. The van der Waals surface area contributed by atoms with Crippen molar-refractivity contribution in [3.05, 3.63) is 65.6 Å². The summed E-state index contributed by atoms with van der Waals surface area (Å²) in [5, 5.41) is 14.1. The van der Waals surface area contributed by atoms with Crippen LogP contribution in [0, 0.1) is 12.7 Å². The second-order valence-electron chi connectivity index (χ2n) is 10.2. The first-order valence-corrected chi connectivity index (χ1v) is 14.7. The predicted octanol–water partition coefficient (Wildman–Crippen LogP) is 4.73. The molecule has 40 heavy (non-hydrogen) atoms. The van der Waals surface area contributed by atoms with E-state index in [1.807, 2.05) is 13.0 Å². The lowest BCUT2D eigenvalue weighted by atomic mass is 10.1. The first-order valence-electron chi connectivity index (χ1n) is 13.2. The minimum absolute atomic E-state index is 0.0503. The number of aryl methyl sites for hydroxylation is 1. The van der Waals surface area contributed by atoms with E-state index in [0.29, 0.717) is 66.8 Å². The Morgan fingerprint density at radius 3 is 2.60 bits per heavy atom. The zero-order valence-corrected chi connectivity index (χ0v) is 23.2. The van der Waals surface area contributed by atoms with E-state index in [-0.39, 0.29) is 24.1 Å². The quantitative estimate of drug-likeness (QED) is 0.262. The van der Waals surface area contributed by atoms with Gasteiger partial charge in [0.1, 0.15) is 16.4 Å². The highest BCUT2D eigenvalue weighted by molar-refractivity contribution is 8.25. The van der Waals surface area contributed by atoms with Crippen LogP contribution in [0.4, 0.5) is 20.7 Å². The van der Waals surface area contributed by atoms with Crippen LogP contribution in [-0.2, 0) is 9.48 Å². The third kappa shape index (κ3) is 5.50. The SMILES string of the molecule is Cc1ccc(F)cc1S(O)(O)C1(c2cc(N3CCOC[C@@H]3C)nc(-c3ccc(NC(=O)NCCO)cc3)n2)CC1. The molecule has 3 aromatic rings. The molecule has 0 radical (unpaired) electrons. The maximum absolute atomic E-state index is 14.2. The van der Waals surface area contributed by atoms with Gasteiger partial charge in [-0.25, -0.2) is 19.2 Å². The Balaban J connectivity index is 1.54. The predicted molar refractivity (Wildman–Crippen MR) is 152 cm³/mol. The van der Waals surface area contributed by atoms with Crippen LogP contribution in [0.25, 0.3) is 11.4 Å². The minimum atomic E-state index is -3.47. The minimum Gasteiger partial charge on any atom is -0.395 e. The van der Waals surface area contributed by atoms with Crippen molar-refractivity contribution in [2.45, 2.75) is 42.4 Å². The summed E-state index contributed by atoms with van der Waals surface area (Å²) in [6, 6.07) is 12.5. The molecule has 1 saturated carbocycles. The molecule has 1 aliphatic heterocycles. The van der Waals surface area contributed by atoms with Gasteiger partial charge in [-0.2, -0.15) is 10.6 Å². The molecule has 0 unspecified atom stereocenters. The van der Waals surface area contributed by atoms with Gasteiger partial charge >= 0.3 is 6.03 Å². The van der Waals surface area contributed by atoms with Crippen molar-refractivity contribution in [2.75, 3.05) is 43.1 Å². The number of aliphatic hydroxyl groups excluding tert-OH is 1. The van der Waals surface area contributed by atoms with Gasteiger partial charge in [-0.3, -0.25) is 9.11 Å². The summed E-state index contributed by atoms with van der Waals surface area (Å²) in [6.07, 6.45) is 0.983. The van der Waals surface area contributed by atoms with Gasteiger partial charge in [0.25, 0.3) is 0 Å². The third-order valence-electron chi connectivity index (χ3n) is 7.35. The Labute approximate surface area is 234 Å². The number of halogens is 1. The lowest BCUT2D eigenvalue weighted by molar-refractivity contribution is 0.0985. The Bertz CT molecular complexity index is 1390. The Kier molecular flexibility index (Phi) is 7.98. The normalized spacial score (nSPS) is 18.8. The molecule has 2 aliphatic rings. The van der Waals surface area contributed by atoms with Gasteiger partial charge in [0.2, 0.25) is 0 Å². The number of hydrogen-bond acceptors (Lipinski definition) is 8. The lowest BCUT2D eigenvalue weighted by Gasteiger charge is -2.42. The summed E-state index contributed by atoms with van der Waals surface area (Å²) >= 11 is 0. The first-order chi connectivity index (χ1) is 19.1. The smallest absolute Gasteiger partial charge is 0.319 e. The number of rotatable bonds is 8. The van der Waals surface area contributed by atoms with Gasteiger partial charge in [0, 0.05) is 30.4 Å². The number of aliphatic hydroxyl groups is 1. The topological polar surface area (TPSA) is 140 Å². The molecule has 5 rings (SSSR count). The van der Waals surface area contributed by atoms with Crippen molar-refractivity contribution in [3.63, 3.8) is 0 Å². The highest BCUT2D eigenvalue weighted by atomic mass is 32.3. The number of amides is 2. The van der Waals surface area contributed by atoms with Crippen molar-refractivity contribution in [1.29, 1.82) is 0 Å². The van der Waals surface area contributed by atoms with E-state index in [1.54, 1.807) is 37.3 Å². The lowest BCUT2D eigenvalue weighted by Crippen LogP contribution is -2.44. The number of anilines is 2. The van der Waals surface area contributed by atoms with Crippen LogP contribution in [0.2, 0.25) is 0 Å². The summed E-state index contributed by atoms with van der Waals surface area (Å²) in [6.45, 7) is 5.47. The van der Waals surface area contributed by atoms with Crippen LogP contribution in [0.15, 0.2) is 53.4 Å². The van der Waals surface area contributed by atoms with Crippen LogP contribution in [0.3, 0.4) is 0 Å². The zero-order chi connectivity index (χ0) is 28.5. The highest BCUT2D eigenvalue weighted by Gasteiger charge is 2.58. The maximum atomic E-state index is 14.2. The molecule has 214 valence electrons. The van der Waals surface area contributed by atoms with Gasteiger partial charge in [-0.1, -0.05) is 6.07 Å². The Hall–Kier alpha value is -3.29. The Morgan fingerprint density at radius 2 is 1.93 bits per heavy atom. The number of hydrogen-bond donors (Lipinski definition) is 5. The molecule has 1 aliphatic carbocycles. The fourth-order valence-corrected chi connectivity index (χ4v) is 7.23. The van der Waals surface area contributed by atoms with E-state index in [1.165, 1.54) is 12.1 Å². The summed E-state index contributed by atoms with van der Waals surface area (Å²) in [4.78, 5) is 24.0. The molecule has 0 spiro atoms. The van der Waals surface area contributed by atoms with Gasteiger partial charge < -0.3 is 25.4 Å². The fourth-order valence-electron chi connectivity index (χ4n) is 4.95. The van der Waals surface area contributed by atoms with Gasteiger partial charge in [-0.15, -0.1) is 0 Å². The van der Waals surface area contributed by atoms with E-state index in [4.69, 9.17) is 19.8 Å². The van der Waals surface area contributed by atoms with Crippen molar-refractivity contribution in [2.24, 2.45) is 0 Å². The highest BCUT2D eigenvalue weighted by Crippen LogP contribution is 2.75.